The van der Waals surface area contributed by atoms with Gasteiger partial charge in [-0.2, -0.15) is 0 Å². The zero-order valence-corrected chi connectivity index (χ0v) is 16.4. The SMILES string of the molecule is Fc1cccc(Cl)c1CN1CCN(C2c3ccccc3-c3ccccc32)CC1. The molecule has 142 valence electrons. The van der Waals surface area contributed by atoms with Crippen molar-refractivity contribution in [2.45, 2.75) is 12.6 Å². The van der Waals surface area contributed by atoms with Crippen molar-refractivity contribution in [3.8, 4) is 11.1 Å². The van der Waals surface area contributed by atoms with Crippen LogP contribution in [0.2, 0.25) is 5.02 Å². The molecule has 2 nitrogen and oxygen atoms in total. The molecule has 0 unspecified atom stereocenters. The fourth-order valence-electron chi connectivity index (χ4n) is 4.61. The van der Waals surface area contributed by atoms with Gasteiger partial charge >= 0.3 is 0 Å². The second kappa shape index (κ2) is 7.32. The molecule has 1 aliphatic heterocycles. The fraction of sp³-hybridized carbons (Fsp3) is 0.250. The first-order valence-corrected chi connectivity index (χ1v) is 10.2. The highest BCUT2D eigenvalue weighted by Gasteiger charge is 2.34. The number of fused-ring (bicyclic) bond motifs is 3. The van der Waals surface area contributed by atoms with Crippen LogP contribution in [0.5, 0.6) is 0 Å². The summed E-state index contributed by atoms with van der Waals surface area (Å²) in [5, 5.41) is 0.515. The van der Waals surface area contributed by atoms with Gasteiger partial charge in [0.1, 0.15) is 5.82 Å². The highest BCUT2D eigenvalue weighted by Crippen LogP contribution is 2.46. The molecule has 3 aromatic carbocycles. The minimum atomic E-state index is -0.214. The smallest absolute Gasteiger partial charge is 0.129 e. The Morgan fingerprint density at radius 1 is 0.786 bits per heavy atom. The van der Waals surface area contributed by atoms with Crippen molar-refractivity contribution >= 4 is 11.6 Å². The first-order chi connectivity index (χ1) is 13.7. The largest absolute Gasteiger partial charge is 0.296 e. The van der Waals surface area contributed by atoms with Crippen molar-refractivity contribution < 1.29 is 4.39 Å². The predicted octanol–water partition coefficient (Wildman–Crippen LogP) is 5.37. The van der Waals surface area contributed by atoms with E-state index in [9.17, 15) is 4.39 Å². The van der Waals surface area contributed by atoms with E-state index in [1.54, 1.807) is 12.1 Å². The maximum atomic E-state index is 14.1. The van der Waals surface area contributed by atoms with Crippen LogP contribution in [-0.4, -0.2) is 36.0 Å². The van der Waals surface area contributed by atoms with E-state index in [1.807, 2.05) is 0 Å². The van der Waals surface area contributed by atoms with Crippen molar-refractivity contribution in [1.29, 1.82) is 0 Å². The third-order valence-electron chi connectivity index (χ3n) is 6.02. The van der Waals surface area contributed by atoms with Gasteiger partial charge in [0, 0.05) is 43.3 Å². The Morgan fingerprint density at radius 2 is 1.39 bits per heavy atom. The number of piperazine rings is 1. The molecule has 0 radical (unpaired) electrons. The van der Waals surface area contributed by atoms with Gasteiger partial charge in [0.05, 0.1) is 6.04 Å². The number of benzene rings is 3. The van der Waals surface area contributed by atoms with E-state index in [0.717, 1.165) is 26.2 Å². The van der Waals surface area contributed by atoms with E-state index in [4.69, 9.17) is 11.6 Å². The third kappa shape index (κ3) is 3.04. The van der Waals surface area contributed by atoms with Crippen LogP contribution in [-0.2, 0) is 6.54 Å². The number of hydrogen-bond acceptors (Lipinski definition) is 2. The van der Waals surface area contributed by atoms with Crippen LogP contribution in [0, 0.1) is 5.82 Å². The van der Waals surface area contributed by atoms with Gasteiger partial charge in [0.2, 0.25) is 0 Å². The molecule has 0 bridgehead atoms. The molecule has 5 rings (SSSR count). The van der Waals surface area contributed by atoms with Crippen LogP contribution >= 0.6 is 11.6 Å². The molecule has 1 fully saturated rings. The van der Waals surface area contributed by atoms with E-state index < -0.39 is 0 Å². The van der Waals surface area contributed by atoms with Crippen LogP contribution in [0.1, 0.15) is 22.7 Å². The molecule has 0 amide bonds. The zero-order chi connectivity index (χ0) is 19.1. The van der Waals surface area contributed by atoms with Crippen molar-refractivity contribution in [2.24, 2.45) is 0 Å². The average molecular weight is 393 g/mol. The molecule has 3 aromatic rings. The standard InChI is InChI=1S/C24H22ClFN2/c25-22-10-5-11-23(26)21(22)16-27-12-14-28(15-13-27)24-19-8-3-1-6-17(19)18-7-2-4-9-20(18)24/h1-11,24H,12-16H2. The van der Waals surface area contributed by atoms with E-state index in [0.29, 0.717) is 23.2 Å². The minimum absolute atomic E-state index is 0.214. The summed E-state index contributed by atoms with van der Waals surface area (Å²) in [7, 11) is 0. The van der Waals surface area contributed by atoms with Gasteiger partial charge in [-0.25, -0.2) is 4.39 Å². The molecule has 0 saturated carbocycles. The van der Waals surface area contributed by atoms with Crippen LogP contribution in [0.15, 0.2) is 66.7 Å². The summed E-state index contributed by atoms with van der Waals surface area (Å²) in [6.45, 7) is 4.30. The first kappa shape index (κ1) is 17.9. The lowest BCUT2D eigenvalue weighted by molar-refractivity contribution is 0.105. The normalized spacial score (nSPS) is 17.5. The van der Waals surface area contributed by atoms with Crippen molar-refractivity contribution in [2.75, 3.05) is 26.2 Å². The summed E-state index contributed by atoms with van der Waals surface area (Å²) in [6, 6.07) is 22.7. The Morgan fingerprint density at radius 3 is 2.00 bits per heavy atom. The van der Waals surface area contributed by atoms with Gasteiger partial charge < -0.3 is 0 Å². The maximum absolute atomic E-state index is 14.1. The summed E-state index contributed by atoms with van der Waals surface area (Å²) < 4.78 is 14.1. The zero-order valence-electron chi connectivity index (χ0n) is 15.6. The molecule has 0 aromatic heterocycles. The minimum Gasteiger partial charge on any atom is -0.296 e. The van der Waals surface area contributed by atoms with E-state index >= 15 is 0 Å². The van der Waals surface area contributed by atoms with Gasteiger partial charge in [-0.15, -0.1) is 0 Å². The summed E-state index contributed by atoms with van der Waals surface area (Å²) >= 11 is 6.22. The van der Waals surface area contributed by atoms with Crippen molar-refractivity contribution in [1.82, 2.24) is 9.80 Å². The van der Waals surface area contributed by atoms with Crippen molar-refractivity contribution in [3.05, 3.63) is 94.3 Å². The summed E-state index contributed by atoms with van der Waals surface area (Å²) in [5.74, 6) is -0.214. The van der Waals surface area contributed by atoms with Gasteiger partial charge in [0.15, 0.2) is 0 Å². The lowest BCUT2D eigenvalue weighted by atomic mass is 10.0. The quantitative estimate of drug-likeness (QED) is 0.591. The lowest BCUT2D eigenvalue weighted by Crippen LogP contribution is -2.47. The fourth-order valence-corrected chi connectivity index (χ4v) is 4.83. The summed E-state index contributed by atoms with van der Waals surface area (Å²) in [5.41, 5.74) is 6.10. The molecule has 0 atom stereocenters. The van der Waals surface area contributed by atoms with Gasteiger partial charge in [-0.05, 0) is 34.4 Å². The highest BCUT2D eigenvalue weighted by atomic mass is 35.5. The second-order valence-electron chi connectivity index (χ2n) is 7.59. The molecule has 28 heavy (non-hydrogen) atoms. The highest BCUT2D eigenvalue weighted by molar-refractivity contribution is 6.31. The van der Waals surface area contributed by atoms with E-state index in [1.165, 1.54) is 28.3 Å². The van der Waals surface area contributed by atoms with Gasteiger partial charge in [-0.1, -0.05) is 66.2 Å². The Hall–Kier alpha value is -2.20. The summed E-state index contributed by atoms with van der Waals surface area (Å²) in [4.78, 5) is 4.86. The molecule has 0 N–H and O–H groups in total. The average Bonchev–Trinajstić information content (AvgIpc) is 3.06. The molecular formula is C24H22ClFN2. The number of hydrogen-bond donors (Lipinski definition) is 0. The third-order valence-corrected chi connectivity index (χ3v) is 6.37. The number of halogens is 2. The van der Waals surface area contributed by atoms with Crippen LogP contribution in [0.3, 0.4) is 0 Å². The Bertz CT molecular complexity index is 945. The Labute approximate surface area is 170 Å². The van der Waals surface area contributed by atoms with E-state index in [-0.39, 0.29) is 5.82 Å². The Kier molecular flexibility index (Phi) is 4.67. The number of nitrogens with zero attached hydrogens (tertiary/aromatic N) is 2. The van der Waals surface area contributed by atoms with Crippen LogP contribution in [0.25, 0.3) is 11.1 Å². The molecular weight excluding hydrogens is 371 g/mol. The monoisotopic (exact) mass is 392 g/mol. The lowest BCUT2D eigenvalue weighted by Gasteiger charge is -2.38. The molecule has 1 heterocycles. The molecule has 1 aliphatic carbocycles. The van der Waals surface area contributed by atoms with Gasteiger partial charge in [-0.3, -0.25) is 9.80 Å². The number of rotatable bonds is 3. The molecule has 2 aliphatic rings. The summed E-state index contributed by atoms with van der Waals surface area (Å²) in [6.07, 6.45) is 0. The van der Waals surface area contributed by atoms with Crippen LogP contribution in [0.4, 0.5) is 4.39 Å². The Balaban J connectivity index is 1.35. The first-order valence-electron chi connectivity index (χ1n) is 9.80. The second-order valence-corrected chi connectivity index (χ2v) is 8.00. The van der Waals surface area contributed by atoms with Crippen molar-refractivity contribution in [3.63, 3.8) is 0 Å². The topological polar surface area (TPSA) is 6.48 Å². The van der Waals surface area contributed by atoms with Crippen LogP contribution < -0.4 is 0 Å². The molecule has 1 saturated heterocycles. The molecule has 4 heteroatoms. The maximum Gasteiger partial charge on any atom is 0.129 e. The molecule has 0 spiro atoms. The predicted molar refractivity (Wildman–Crippen MR) is 112 cm³/mol. The van der Waals surface area contributed by atoms with E-state index in [2.05, 4.69) is 58.3 Å². The van der Waals surface area contributed by atoms with Gasteiger partial charge in [0.25, 0.3) is 0 Å².